The van der Waals surface area contributed by atoms with Crippen LogP contribution in [0.5, 0.6) is 0 Å². The first-order valence-corrected chi connectivity index (χ1v) is 7.78. The lowest BCUT2D eigenvalue weighted by molar-refractivity contribution is -0.386. The molecular weight excluding hydrogens is 362 g/mol. The Hall–Kier alpha value is -3.39. The van der Waals surface area contributed by atoms with Gasteiger partial charge in [0.1, 0.15) is 17.2 Å². The van der Waals surface area contributed by atoms with Gasteiger partial charge in [0.15, 0.2) is 0 Å². The maximum atomic E-state index is 11.6. The van der Waals surface area contributed by atoms with Crippen LogP contribution in [0.2, 0.25) is 5.02 Å². The Bertz CT molecular complexity index is 1140. The monoisotopic (exact) mass is 373 g/mol. The molecule has 2 N–H and O–H groups in total. The number of hydrogen-bond acceptors (Lipinski definition) is 5. The molecule has 0 amide bonds. The Kier molecular flexibility index (Phi) is 4.59. The molecule has 0 fully saturated rings. The first-order valence-electron chi connectivity index (χ1n) is 7.40. The zero-order valence-electron chi connectivity index (χ0n) is 13.4. The van der Waals surface area contributed by atoms with Gasteiger partial charge in [-0.15, -0.1) is 0 Å². The predicted octanol–water partition coefficient (Wildman–Crippen LogP) is 3.36. The van der Waals surface area contributed by atoms with Crippen LogP contribution in [-0.4, -0.2) is 14.9 Å². The topological polar surface area (TPSA) is 122 Å². The molecule has 0 aliphatic rings. The van der Waals surface area contributed by atoms with E-state index in [1.165, 1.54) is 12.2 Å². The van der Waals surface area contributed by atoms with E-state index in [-0.39, 0.29) is 5.69 Å². The highest BCUT2D eigenvalue weighted by atomic mass is 35.5. The average Bonchev–Trinajstić information content (AvgIpc) is 3.03. The summed E-state index contributed by atoms with van der Waals surface area (Å²) in [7, 11) is 0. The normalized spacial score (nSPS) is 11.2. The van der Waals surface area contributed by atoms with E-state index in [0.29, 0.717) is 16.5 Å². The molecule has 0 aliphatic carbocycles. The molecule has 2 aromatic heterocycles. The predicted molar refractivity (Wildman–Crippen MR) is 97.2 cm³/mol. The second kappa shape index (κ2) is 6.85. The Morgan fingerprint density at radius 2 is 1.92 bits per heavy atom. The summed E-state index contributed by atoms with van der Waals surface area (Å²) < 4.78 is 5.65. The molecule has 0 spiro atoms. The average molecular weight is 374 g/mol. The maximum Gasteiger partial charge on any atom is 0.357 e. The molecule has 0 radical (unpaired) electrons. The first-order chi connectivity index (χ1) is 12.3. The molecule has 8 nitrogen and oxygen atoms in total. The quantitative estimate of drug-likeness (QED) is 0.536. The molecule has 3 aromatic rings. The summed E-state index contributed by atoms with van der Waals surface area (Å²) in [6, 6.07) is 8.85. The number of aromatic nitrogens is 2. The van der Waals surface area contributed by atoms with Gasteiger partial charge in [-0.05, 0) is 42.8 Å². The van der Waals surface area contributed by atoms with Gasteiger partial charge >= 0.3 is 16.9 Å². The Morgan fingerprint density at radius 1 is 1.15 bits per heavy atom. The number of furan rings is 1. The summed E-state index contributed by atoms with van der Waals surface area (Å²) in [5.74, 6) is 0.938. The number of aryl methyl sites for hydroxylation is 1. The van der Waals surface area contributed by atoms with Gasteiger partial charge in [0, 0.05) is 10.6 Å². The minimum Gasteiger partial charge on any atom is -0.457 e. The largest absolute Gasteiger partial charge is 0.457 e. The second-order valence-electron chi connectivity index (χ2n) is 5.43. The van der Waals surface area contributed by atoms with E-state index >= 15 is 0 Å². The van der Waals surface area contributed by atoms with Gasteiger partial charge in [-0.2, -0.15) is 0 Å². The third kappa shape index (κ3) is 3.50. The van der Waals surface area contributed by atoms with E-state index in [1.54, 1.807) is 18.2 Å². The van der Waals surface area contributed by atoms with Crippen molar-refractivity contribution in [2.45, 2.75) is 6.92 Å². The van der Waals surface area contributed by atoms with Gasteiger partial charge in [0.25, 0.3) is 0 Å². The van der Waals surface area contributed by atoms with E-state index in [9.17, 15) is 19.7 Å². The molecule has 9 heteroatoms. The van der Waals surface area contributed by atoms with Crippen LogP contribution in [-0.2, 0) is 0 Å². The number of hydrogen-bond donors (Lipinski definition) is 2. The molecule has 132 valence electrons. The molecule has 0 unspecified atom stereocenters. The number of rotatable bonds is 4. The van der Waals surface area contributed by atoms with Gasteiger partial charge in [0.05, 0.1) is 4.92 Å². The van der Waals surface area contributed by atoms with Gasteiger partial charge < -0.3 is 9.40 Å². The Morgan fingerprint density at radius 3 is 2.62 bits per heavy atom. The van der Waals surface area contributed by atoms with Crippen LogP contribution in [0.4, 0.5) is 5.69 Å². The zero-order chi connectivity index (χ0) is 18.8. The lowest BCUT2D eigenvalue weighted by Crippen LogP contribution is -2.25. The van der Waals surface area contributed by atoms with Crippen molar-refractivity contribution in [3.05, 3.63) is 83.3 Å². The Labute approximate surface area is 150 Å². The number of H-pyrrole nitrogens is 2. The van der Waals surface area contributed by atoms with Crippen LogP contribution in [0, 0.1) is 17.0 Å². The third-order valence-electron chi connectivity index (χ3n) is 3.63. The van der Waals surface area contributed by atoms with E-state index in [0.717, 1.165) is 11.1 Å². The standard InChI is InChI=1S/C17H12ClN3O5/c1-9-2-3-10(8-12(9)18)14-7-5-11(26-14)4-6-13-15(21(24)25)16(22)20-17(23)19-13/h2-8H,1H3,(H2,19,20,22,23). The molecule has 26 heavy (non-hydrogen) atoms. The van der Waals surface area contributed by atoms with E-state index < -0.39 is 21.9 Å². The summed E-state index contributed by atoms with van der Waals surface area (Å²) in [5.41, 5.74) is -1.18. The fourth-order valence-electron chi connectivity index (χ4n) is 2.31. The molecule has 0 atom stereocenters. The van der Waals surface area contributed by atoms with Gasteiger partial charge in [-0.25, -0.2) is 4.79 Å². The van der Waals surface area contributed by atoms with Crippen LogP contribution in [0.1, 0.15) is 17.0 Å². The molecular formula is C17H12ClN3O5. The second-order valence-corrected chi connectivity index (χ2v) is 5.83. The SMILES string of the molecule is Cc1ccc(-c2ccc(C=Cc3[nH]c(=O)[nH]c(=O)c3[N+](=O)[O-])o2)cc1Cl. The third-order valence-corrected chi connectivity index (χ3v) is 4.03. The van der Waals surface area contributed by atoms with Gasteiger partial charge in [-0.1, -0.05) is 23.7 Å². The number of nitrogens with zero attached hydrogens (tertiary/aromatic N) is 1. The molecule has 1 aromatic carbocycles. The summed E-state index contributed by atoms with van der Waals surface area (Å²) in [6.45, 7) is 1.89. The molecule has 0 aliphatic heterocycles. The summed E-state index contributed by atoms with van der Waals surface area (Å²) >= 11 is 6.10. The summed E-state index contributed by atoms with van der Waals surface area (Å²) in [4.78, 5) is 37.1. The molecule has 0 bridgehead atoms. The van der Waals surface area contributed by atoms with Crippen molar-refractivity contribution in [1.82, 2.24) is 9.97 Å². The fourth-order valence-corrected chi connectivity index (χ4v) is 2.49. The zero-order valence-corrected chi connectivity index (χ0v) is 14.2. The van der Waals surface area contributed by atoms with Gasteiger partial charge in [-0.3, -0.25) is 19.9 Å². The van der Waals surface area contributed by atoms with E-state index in [2.05, 4.69) is 4.98 Å². The van der Waals surface area contributed by atoms with Crippen molar-refractivity contribution in [1.29, 1.82) is 0 Å². The number of aromatic amines is 2. The summed E-state index contributed by atoms with van der Waals surface area (Å²) in [5, 5.41) is 11.6. The van der Waals surface area contributed by atoms with Crippen molar-refractivity contribution < 1.29 is 9.34 Å². The highest BCUT2D eigenvalue weighted by molar-refractivity contribution is 6.31. The van der Waals surface area contributed by atoms with Crippen molar-refractivity contribution in [3.8, 4) is 11.3 Å². The van der Waals surface area contributed by atoms with Crippen molar-refractivity contribution >= 4 is 29.4 Å². The first kappa shape index (κ1) is 17.4. The fraction of sp³-hybridized carbons (Fsp3) is 0.0588. The minimum absolute atomic E-state index is 0.222. The van der Waals surface area contributed by atoms with Crippen LogP contribution in [0.25, 0.3) is 23.5 Å². The van der Waals surface area contributed by atoms with Crippen molar-refractivity contribution in [2.24, 2.45) is 0 Å². The van der Waals surface area contributed by atoms with E-state index in [1.807, 2.05) is 24.0 Å². The lowest BCUT2D eigenvalue weighted by Gasteiger charge is -2.00. The van der Waals surface area contributed by atoms with Crippen molar-refractivity contribution in [2.75, 3.05) is 0 Å². The van der Waals surface area contributed by atoms with Crippen LogP contribution < -0.4 is 11.2 Å². The highest BCUT2D eigenvalue weighted by Gasteiger charge is 2.18. The molecule has 0 saturated heterocycles. The number of nitro groups is 1. The smallest absolute Gasteiger partial charge is 0.357 e. The van der Waals surface area contributed by atoms with Crippen LogP contribution in [0.15, 0.2) is 44.3 Å². The highest BCUT2D eigenvalue weighted by Crippen LogP contribution is 2.27. The molecule has 3 rings (SSSR count). The van der Waals surface area contributed by atoms with Crippen molar-refractivity contribution in [3.63, 3.8) is 0 Å². The Balaban J connectivity index is 1.95. The lowest BCUT2D eigenvalue weighted by atomic mass is 10.1. The number of halogens is 1. The number of nitrogens with one attached hydrogen (secondary N) is 2. The number of benzene rings is 1. The van der Waals surface area contributed by atoms with Gasteiger partial charge in [0.2, 0.25) is 0 Å². The maximum absolute atomic E-state index is 11.6. The van der Waals surface area contributed by atoms with Crippen LogP contribution >= 0.6 is 11.6 Å². The molecule has 2 heterocycles. The van der Waals surface area contributed by atoms with E-state index in [4.69, 9.17) is 16.0 Å². The minimum atomic E-state index is -1.08. The van der Waals surface area contributed by atoms with Crippen LogP contribution in [0.3, 0.4) is 0 Å². The summed E-state index contributed by atoms with van der Waals surface area (Å²) in [6.07, 6.45) is 2.65. The molecule has 0 saturated carbocycles.